The van der Waals surface area contributed by atoms with Gasteiger partial charge < -0.3 is 10.3 Å². The zero-order chi connectivity index (χ0) is 8.27. The van der Waals surface area contributed by atoms with Gasteiger partial charge in [-0.05, 0) is 19.1 Å². The van der Waals surface area contributed by atoms with Crippen LogP contribution in [-0.4, -0.2) is 10.5 Å². The van der Waals surface area contributed by atoms with Crippen molar-refractivity contribution in [2.75, 3.05) is 0 Å². The van der Waals surface area contributed by atoms with Crippen LogP contribution in [0.4, 0.5) is 0 Å². The average Bonchev–Trinajstić information content (AvgIpc) is 2.35. The molecule has 0 radical (unpaired) electrons. The third kappa shape index (κ3) is 2.11. The smallest absolute Gasteiger partial charge is 0.219 e. The number of hydrogen-bond acceptors (Lipinski definition) is 1. The highest BCUT2D eigenvalue weighted by atomic mass is 16.1. The fourth-order valence-electron chi connectivity index (χ4n) is 1.04. The Kier molecular flexibility index (Phi) is 2.31. The summed E-state index contributed by atoms with van der Waals surface area (Å²) in [7, 11) is 0. The van der Waals surface area contributed by atoms with E-state index in [4.69, 9.17) is 5.73 Å². The molecule has 1 atom stereocenters. The Morgan fingerprint density at radius 1 is 1.55 bits per heavy atom. The van der Waals surface area contributed by atoms with Crippen molar-refractivity contribution in [3.8, 4) is 0 Å². The lowest BCUT2D eigenvalue weighted by Crippen LogP contribution is -2.16. The standard InChI is InChI=1S/C8H12N2O/c1-7(6-8(9)11)10-4-2-3-5-10/h2-5,7H,6H2,1H3,(H2,9,11)/t7-/m0/s1. The number of rotatable bonds is 3. The molecule has 0 unspecified atom stereocenters. The highest BCUT2D eigenvalue weighted by molar-refractivity contribution is 5.74. The van der Waals surface area contributed by atoms with Gasteiger partial charge >= 0.3 is 0 Å². The highest BCUT2D eigenvalue weighted by Crippen LogP contribution is 2.08. The summed E-state index contributed by atoms with van der Waals surface area (Å²) < 4.78 is 1.96. The van der Waals surface area contributed by atoms with E-state index < -0.39 is 0 Å². The molecule has 60 valence electrons. The summed E-state index contributed by atoms with van der Waals surface area (Å²) in [6, 6.07) is 4.03. The number of aromatic nitrogens is 1. The van der Waals surface area contributed by atoms with E-state index in [9.17, 15) is 4.79 Å². The van der Waals surface area contributed by atoms with Crippen molar-refractivity contribution < 1.29 is 4.79 Å². The predicted molar refractivity (Wildman–Crippen MR) is 43.0 cm³/mol. The number of carbonyl (C=O) groups excluding carboxylic acids is 1. The SMILES string of the molecule is C[C@@H](CC(N)=O)n1cccc1. The molecule has 3 nitrogen and oxygen atoms in total. The monoisotopic (exact) mass is 152 g/mol. The number of carbonyl (C=O) groups is 1. The summed E-state index contributed by atoms with van der Waals surface area (Å²) in [5, 5.41) is 0. The predicted octanol–water partition coefficient (Wildman–Crippen LogP) is 0.924. The van der Waals surface area contributed by atoms with Crippen LogP contribution >= 0.6 is 0 Å². The molecule has 0 aliphatic rings. The molecule has 0 aliphatic heterocycles. The van der Waals surface area contributed by atoms with E-state index in [2.05, 4.69) is 0 Å². The Labute approximate surface area is 65.8 Å². The van der Waals surface area contributed by atoms with Gasteiger partial charge in [-0.1, -0.05) is 0 Å². The van der Waals surface area contributed by atoms with Gasteiger partial charge in [0.25, 0.3) is 0 Å². The van der Waals surface area contributed by atoms with Crippen LogP contribution in [0.1, 0.15) is 19.4 Å². The Balaban J connectivity index is 2.56. The number of primary amides is 1. The normalized spacial score (nSPS) is 12.8. The molecule has 0 spiro atoms. The number of nitrogens with two attached hydrogens (primary N) is 1. The largest absolute Gasteiger partial charge is 0.370 e. The molecular formula is C8H12N2O. The van der Waals surface area contributed by atoms with Gasteiger partial charge in [-0.25, -0.2) is 0 Å². The van der Waals surface area contributed by atoms with E-state index >= 15 is 0 Å². The van der Waals surface area contributed by atoms with Crippen LogP contribution in [0.15, 0.2) is 24.5 Å². The Bertz CT molecular complexity index is 228. The average molecular weight is 152 g/mol. The first-order valence-electron chi connectivity index (χ1n) is 3.61. The minimum Gasteiger partial charge on any atom is -0.370 e. The second kappa shape index (κ2) is 3.23. The minimum atomic E-state index is -0.258. The Morgan fingerprint density at radius 3 is 2.55 bits per heavy atom. The molecule has 0 saturated carbocycles. The number of amides is 1. The van der Waals surface area contributed by atoms with Crippen LogP contribution in [0.3, 0.4) is 0 Å². The van der Waals surface area contributed by atoms with Gasteiger partial charge in [0.15, 0.2) is 0 Å². The highest BCUT2D eigenvalue weighted by Gasteiger charge is 2.05. The second-order valence-corrected chi connectivity index (χ2v) is 2.65. The van der Waals surface area contributed by atoms with Crippen LogP contribution in [0.25, 0.3) is 0 Å². The minimum absolute atomic E-state index is 0.169. The zero-order valence-electron chi connectivity index (χ0n) is 6.53. The van der Waals surface area contributed by atoms with Crippen LogP contribution < -0.4 is 5.73 Å². The molecule has 0 saturated heterocycles. The summed E-state index contributed by atoms with van der Waals surface area (Å²) >= 11 is 0. The van der Waals surface area contributed by atoms with Crippen molar-refractivity contribution in [2.45, 2.75) is 19.4 Å². The van der Waals surface area contributed by atoms with Crippen LogP contribution in [-0.2, 0) is 4.79 Å². The third-order valence-corrected chi connectivity index (χ3v) is 1.63. The van der Waals surface area contributed by atoms with Gasteiger partial charge in [0.1, 0.15) is 0 Å². The second-order valence-electron chi connectivity index (χ2n) is 2.65. The Hall–Kier alpha value is -1.25. The Morgan fingerprint density at radius 2 is 2.09 bits per heavy atom. The molecule has 1 heterocycles. The topological polar surface area (TPSA) is 48.0 Å². The molecule has 3 heteroatoms. The number of nitrogens with zero attached hydrogens (tertiary/aromatic N) is 1. The third-order valence-electron chi connectivity index (χ3n) is 1.63. The fourth-order valence-corrected chi connectivity index (χ4v) is 1.04. The van der Waals surface area contributed by atoms with Crippen molar-refractivity contribution in [3.05, 3.63) is 24.5 Å². The van der Waals surface area contributed by atoms with E-state index in [0.29, 0.717) is 6.42 Å². The number of hydrogen-bond donors (Lipinski definition) is 1. The van der Waals surface area contributed by atoms with Crippen molar-refractivity contribution >= 4 is 5.91 Å². The zero-order valence-corrected chi connectivity index (χ0v) is 6.53. The van der Waals surface area contributed by atoms with E-state index in [-0.39, 0.29) is 11.9 Å². The van der Waals surface area contributed by atoms with Gasteiger partial charge in [0.05, 0.1) is 0 Å². The molecule has 0 fully saturated rings. The van der Waals surface area contributed by atoms with Gasteiger partial charge in [0, 0.05) is 24.9 Å². The first kappa shape index (κ1) is 7.85. The quantitative estimate of drug-likeness (QED) is 0.688. The molecule has 11 heavy (non-hydrogen) atoms. The molecule has 0 aromatic carbocycles. The van der Waals surface area contributed by atoms with Gasteiger partial charge in [-0.3, -0.25) is 4.79 Å². The van der Waals surface area contributed by atoms with Crippen molar-refractivity contribution in [1.29, 1.82) is 0 Å². The summed E-state index contributed by atoms with van der Waals surface area (Å²) in [6.45, 7) is 1.96. The lowest BCUT2D eigenvalue weighted by molar-refractivity contribution is -0.118. The van der Waals surface area contributed by atoms with Crippen molar-refractivity contribution in [1.82, 2.24) is 4.57 Å². The van der Waals surface area contributed by atoms with E-state index in [1.54, 1.807) is 0 Å². The van der Waals surface area contributed by atoms with Crippen molar-refractivity contribution in [2.24, 2.45) is 5.73 Å². The van der Waals surface area contributed by atoms with Crippen LogP contribution in [0.5, 0.6) is 0 Å². The lowest BCUT2D eigenvalue weighted by Gasteiger charge is -2.10. The summed E-state index contributed by atoms with van der Waals surface area (Å²) in [5.41, 5.74) is 5.05. The molecule has 0 aliphatic carbocycles. The van der Waals surface area contributed by atoms with Gasteiger partial charge in [-0.2, -0.15) is 0 Å². The fraction of sp³-hybridized carbons (Fsp3) is 0.375. The summed E-state index contributed by atoms with van der Waals surface area (Å²) in [5.74, 6) is -0.258. The van der Waals surface area contributed by atoms with E-state index in [1.807, 2.05) is 36.0 Å². The maximum atomic E-state index is 10.5. The first-order chi connectivity index (χ1) is 5.20. The molecule has 1 amide bonds. The molecule has 1 aromatic heterocycles. The summed E-state index contributed by atoms with van der Waals surface area (Å²) in [6.07, 6.45) is 4.25. The molecular weight excluding hydrogens is 140 g/mol. The maximum absolute atomic E-state index is 10.5. The van der Waals surface area contributed by atoms with Crippen LogP contribution in [0.2, 0.25) is 0 Å². The van der Waals surface area contributed by atoms with Crippen molar-refractivity contribution in [3.63, 3.8) is 0 Å². The molecule has 1 rings (SSSR count). The maximum Gasteiger partial charge on any atom is 0.219 e. The van der Waals surface area contributed by atoms with E-state index in [1.165, 1.54) is 0 Å². The molecule has 0 bridgehead atoms. The lowest BCUT2D eigenvalue weighted by atomic mass is 10.2. The molecule has 1 aromatic rings. The van der Waals surface area contributed by atoms with Gasteiger partial charge in [0.2, 0.25) is 5.91 Å². The van der Waals surface area contributed by atoms with Crippen LogP contribution in [0, 0.1) is 0 Å². The summed E-state index contributed by atoms with van der Waals surface area (Å²) in [4.78, 5) is 10.5. The first-order valence-corrected chi connectivity index (χ1v) is 3.61. The van der Waals surface area contributed by atoms with Gasteiger partial charge in [-0.15, -0.1) is 0 Å². The molecule has 2 N–H and O–H groups in total. The van der Waals surface area contributed by atoms with E-state index in [0.717, 1.165) is 0 Å².